The first-order valence-electron chi connectivity index (χ1n) is 10.4. The molecule has 1 aliphatic carbocycles. The molecule has 8 nitrogen and oxygen atoms in total. The number of rotatable bonds is 8. The van der Waals surface area contributed by atoms with Crippen LogP contribution in [0.25, 0.3) is 12.2 Å². The van der Waals surface area contributed by atoms with Gasteiger partial charge in [-0.05, 0) is 54.3 Å². The Morgan fingerprint density at radius 3 is 2.66 bits per heavy atom. The quantitative estimate of drug-likeness (QED) is 0.379. The maximum Gasteiger partial charge on any atom is 0.233 e. The van der Waals surface area contributed by atoms with Gasteiger partial charge in [0.1, 0.15) is 5.82 Å². The van der Waals surface area contributed by atoms with Gasteiger partial charge in [-0.25, -0.2) is 4.39 Å². The van der Waals surface area contributed by atoms with E-state index < -0.39 is 0 Å². The van der Waals surface area contributed by atoms with E-state index in [9.17, 15) is 4.39 Å². The highest BCUT2D eigenvalue weighted by molar-refractivity contribution is 5.67. The van der Waals surface area contributed by atoms with Gasteiger partial charge < -0.3 is 10.6 Å². The molecule has 0 amide bonds. The van der Waals surface area contributed by atoms with Crippen molar-refractivity contribution in [3.63, 3.8) is 0 Å². The smallest absolute Gasteiger partial charge is 0.233 e. The third kappa shape index (κ3) is 5.12. The zero-order chi connectivity index (χ0) is 21.8. The van der Waals surface area contributed by atoms with Crippen LogP contribution in [0.2, 0.25) is 0 Å². The molecule has 5 rings (SSSR count). The van der Waals surface area contributed by atoms with Crippen molar-refractivity contribution in [3.8, 4) is 0 Å². The van der Waals surface area contributed by atoms with Gasteiger partial charge in [0.25, 0.3) is 0 Å². The lowest BCUT2D eigenvalue weighted by molar-refractivity contribution is 0.627. The third-order valence-electron chi connectivity index (χ3n) is 4.98. The maximum atomic E-state index is 13.5. The minimum atomic E-state index is -0.296. The van der Waals surface area contributed by atoms with Crippen molar-refractivity contribution in [2.45, 2.75) is 25.3 Å². The average Bonchev–Trinajstić information content (AvgIpc) is 3.56. The van der Waals surface area contributed by atoms with Crippen molar-refractivity contribution < 1.29 is 4.39 Å². The molecule has 0 saturated heterocycles. The Morgan fingerprint density at radius 1 is 1.00 bits per heavy atom. The molecule has 3 aromatic heterocycles. The summed E-state index contributed by atoms with van der Waals surface area (Å²) in [5.74, 6) is 2.13. The number of pyridine rings is 1. The predicted molar refractivity (Wildman–Crippen MR) is 121 cm³/mol. The summed E-state index contributed by atoms with van der Waals surface area (Å²) >= 11 is 0. The molecule has 32 heavy (non-hydrogen) atoms. The van der Waals surface area contributed by atoms with E-state index in [1.807, 2.05) is 24.3 Å². The summed E-state index contributed by atoms with van der Waals surface area (Å²) in [6.07, 6.45) is 9.32. The Hall–Kier alpha value is -4.14. The molecule has 0 unspecified atom stereocenters. The molecule has 4 aromatic rings. The Balaban J connectivity index is 1.39. The van der Waals surface area contributed by atoms with Gasteiger partial charge in [-0.3, -0.25) is 10.1 Å². The van der Waals surface area contributed by atoms with Gasteiger partial charge >= 0.3 is 0 Å². The number of nitrogens with zero attached hydrogens (tertiary/aromatic N) is 5. The number of aromatic nitrogens is 6. The molecular formula is C23H21FN8. The van der Waals surface area contributed by atoms with E-state index in [4.69, 9.17) is 0 Å². The molecule has 3 N–H and O–H groups in total. The minimum Gasteiger partial charge on any atom is -0.350 e. The average molecular weight is 428 g/mol. The molecule has 3 heterocycles. The second-order valence-corrected chi connectivity index (χ2v) is 7.55. The SMILES string of the molecule is Fc1cccc(/C=C/c2nc(NCc3ccncc3)nc(Nc3cc(C4CC4)[nH]n3)n2)c1. The van der Waals surface area contributed by atoms with Gasteiger partial charge in [0, 0.05) is 36.6 Å². The van der Waals surface area contributed by atoms with Gasteiger partial charge in [-0.1, -0.05) is 18.2 Å². The number of benzene rings is 1. The summed E-state index contributed by atoms with van der Waals surface area (Å²) in [7, 11) is 0. The van der Waals surface area contributed by atoms with E-state index in [1.54, 1.807) is 30.6 Å². The number of aromatic amines is 1. The van der Waals surface area contributed by atoms with Crippen LogP contribution in [0.15, 0.2) is 54.9 Å². The Labute approximate surface area is 184 Å². The second-order valence-electron chi connectivity index (χ2n) is 7.55. The molecule has 9 heteroatoms. The van der Waals surface area contributed by atoms with Crippen LogP contribution in [-0.2, 0) is 6.54 Å². The largest absolute Gasteiger partial charge is 0.350 e. The highest BCUT2D eigenvalue weighted by Crippen LogP contribution is 2.39. The zero-order valence-electron chi connectivity index (χ0n) is 17.2. The summed E-state index contributed by atoms with van der Waals surface area (Å²) in [4.78, 5) is 17.4. The maximum absolute atomic E-state index is 13.5. The topological polar surface area (TPSA) is 104 Å². The van der Waals surface area contributed by atoms with E-state index in [1.165, 1.54) is 25.0 Å². The highest BCUT2D eigenvalue weighted by Gasteiger charge is 2.25. The first-order valence-corrected chi connectivity index (χ1v) is 10.4. The van der Waals surface area contributed by atoms with Crippen molar-refractivity contribution in [2.75, 3.05) is 10.6 Å². The molecule has 0 aliphatic heterocycles. The van der Waals surface area contributed by atoms with Gasteiger partial charge in [-0.2, -0.15) is 20.1 Å². The molecule has 1 fully saturated rings. The fourth-order valence-electron chi connectivity index (χ4n) is 3.18. The minimum absolute atomic E-state index is 0.296. The molecule has 0 atom stereocenters. The van der Waals surface area contributed by atoms with Crippen LogP contribution in [0.4, 0.5) is 22.1 Å². The van der Waals surface area contributed by atoms with Gasteiger partial charge in [0.2, 0.25) is 11.9 Å². The Bertz CT molecular complexity index is 1230. The predicted octanol–water partition coefficient (Wildman–Crippen LogP) is 4.53. The molecule has 1 aromatic carbocycles. The third-order valence-corrected chi connectivity index (χ3v) is 4.98. The lowest BCUT2D eigenvalue weighted by atomic mass is 10.2. The van der Waals surface area contributed by atoms with Crippen LogP contribution in [0.1, 0.15) is 41.4 Å². The van der Waals surface area contributed by atoms with Crippen LogP contribution >= 0.6 is 0 Å². The number of hydrogen-bond donors (Lipinski definition) is 3. The van der Waals surface area contributed by atoms with Crippen LogP contribution in [-0.4, -0.2) is 30.1 Å². The normalized spacial score (nSPS) is 13.4. The summed E-state index contributed by atoms with van der Waals surface area (Å²) in [6, 6.07) is 12.1. The highest BCUT2D eigenvalue weighted by atomic mass is 19.1. The van der Waals surface area contributed by atoms with E-state index in [0.717, 1.165) is 11.3 Å². The fraction of sp³-hybridized carbons (Fsp3) is 0.174. The van der Waals surface area contributed by atoms with Crippen molar-refractivity contribution in [1.82, 2.24) is 30.1 Å². The van der Waals surface area contributed by atoms with E-state index in [2.05, 4.69) is 40.8 Å². The Morgan fingerprint density at radius 2 is 1.84 bits per heavy atom. The molecule has 1 aliphatic rings. The molecular weight excluding hydrogens is 407 g/mol. The van der Waals surface area contributed by atoms with Crippen molar-refractivity contribution in [2.24, 2.45) is 0 Å². The van der Waals surface area contributed by atoms with Crippen molar-refractivity contribution >= 4 is 29.9 Å². The molecule has 160 valence electrons. The van der Waals surface area contributed by atoms with Crippen LogP contribution in [0, 0.1) is 5.82 Å². The summed E-state index contributed by atoms with van der Waals surface area (Å²) in [5.41, 5.74) is 2.88. The standard InChI is InChI=1S/C23H21FN8/c24-18-3-1-2-15(12-18)4-7-20-27-22(26-14-16-8-10-25-11-9-16)30-23(28-20)29-21-13-19(31-32-21)17-5-6-17/h1-4,7-13,17H,5-6,14H2,(H3,26,27,28,29,30,31,32)/b7-4+. The summed E-state index contributed by atoms with van der Waals surface area (Å²) < 4.78 is 13.5. The zero-order valence-corrected chi connectivity index (χ0v) is 17.2. The van der Waals surface area contributed by atoms with Crippen molar-refractivity contribution in [1.29, 1.82) is 0 Å². The lowest BCUT2D eigenvalue weighted by Crippen LogP contribution is -2.08. The van der Waals surface area contributed by atoms with Gasteiger partial charge in [-0.15, -0.1) is 0 Å². The van der Waals surface area contributed by atoms with E-state index in [-0.39, 0.29) is 5.82 Å². The second kappa shape index (κ2) is 8.93. The van der Waals surface area contributed by atoms with Crippen LogP contribution in [0.5, 0.6) is 0 Å². The molecule has 0 radical (unpaired) electrons. The monoisotopic (exact) mass is 428 g/mol. The number of anilines is 3. The number of halogens is 1. The molecule has 0 spiro atoms. The molecule has 1 saturated carbocycles. The first kappa shape index (κ1) is 19.8. The van der Waals surface area contributed by atoms with Crippen LogP contribution < -0.4 is 10.6 Å². The number of hydrogen-bond acceptors (Lipinski definition) is 7. The molecule has 0 bridgehead atoms. The summed E-state index contributed by atoms with van der Waals surface area (Å²) in [6.45, 7) is 0.535. The van der Waals surface area contributed by atoms with Crippen LogP contribution in [0.3, 0.4) is 0 Å². The lowest BCUT2D eigenvalue weighted by Gasteiger charge is -2.08. The van der Waals surface area contributed by atoms with Gasteiger partial charge in [0.05, 0.1) is 0 Å². The first-order chi connectivity index (χ1) is 15.7. The van der Waals surface area contributed by atoms with E-state index in [0.29, 0.717) is 41.6 Å². The Kier molecular flexibility index (Phi) is 5.52. The summed E-state index contributed by atoms with van der Waals surface area (Å²) in [5, 5.41) is 13.7. The fourth-order valence-corrected chi connectivity index (χ4v) is 3.18. The number of nitrogens with one attached hydrogen (secondary N) is 3. The van der Waals surface area contributed by atoms with Crippen molar-refractivity contribution in [3.05, 3.63) is 83.3 Å². The van der Waals surface area contributed by atoms with E-state index >= 15 is 0 Å². The number of H-pyrrole nitrogens is 1. The van der Waals surface area contributed by atoms with Gasteiger partial charge in [0.15, 0.2) is 11.6 Å².